The molecular formula is C17H22N4O2. The van der Waals surface area contributed by atoms with Crippen LogP contribution in [0.25, 0.3) is 0 Å². The molecule has 3 heterocycles. The molecule has 23 heavy (non-hydrogen) atoms. The Morgan fingerprint density at radius 1 is 1.39 bits per heavy atom. The van der Waals surface area contributed by atoms with E-state index in [1.165, 1.54) is 17.7 Å². The molecule has 1 fully saturated rings. The Labute approximate surface area is 135 Å². The normalized spacial score (nSPS) is 18.4. The van der Waals surface area contributed by atoms with E-state index in [2.05, 4.69) is 26.1 Å². The monoisotopic (exact) mass is 314 g/mol. The topological polar surface area (TPSA) is 63.3 Å². The Morgan fingerprint density at radius 2 is 2.30 bits per heavy atom. The van der Waals surface area contributed by atoms with Crippen LogP contribution in [0, 0.1) is 5.92 Å². The van der Waals surface area contributed by atoms with Gasteiger partial charge in [-0.15, -0.1) is 0 Å². The minimum absolute atomic E-state index is 0.184. The fraction of sp³-hybridized carbons (Fsp3) is 0.529. The molecule has 2 aromatic rings. The highest BCUT2D eigenvalue weighted by Crippen LogP contribution is 2.26. The summed E-state index contributed by atoms with van der Waals surface area (Å²) in [4.78, 5) is 14.3. The summed E-state index contributed by atoms with van der Waals surface area (Å²) in [6, 6.07) is 4.12. The molecule has 1 aliphatic carbocycles. The van der Waals surface area contributed by atoms with Crippen molar-refractivity contribution in [2.75, 3.05) is 6.54 Å². The lowest BCUT2D eigenvalue weighted by Crippen LogP contribution is -2.34. The zero-order chi connectivity index (χ0) is 15.6. The molecule has 6 nitrogen and oxygen atoms in total. The van der Waals surface area contributed by atoms with Gasteiger partial charge in [0.1, 0.15) is 0 Å². The lowest BCUT2D eigenvalue weighted by atomic mass is 9.85. The van der Waals surface area contributed by atoms with Crippen LogP contribution in [0.2, 0.25) is 0 Å². The van der Waals surface area contributed by atoms with Gasteiger partial charge in [-0.25, -0.2) is 0 Å². The molecule has 0 saturated heterocycles. The predicted octanol–water partition coefficient (Wildman–Crippen LogP) is 1.91. The van der Waals surface area contributed by atoms with Crippen molar-refractivity contribution >= 4 is 5.91 Å². The van der Waals surface area contributed by atoms with E-state index >= 15 is 0 Å². The van der Waals surface area contributed by atoms with Crippen LogP contribution in [-0.2, 0) is 31.0 Å². The van der Waals surface area contributed by atoms with Gasteiger partial charge in [-0.05, 0) is 25.0 Å². The summed E-state index contributed by atoms with van der Waals surface area (Å²) in [5.74, 6) is 0.418. The molecule has 6 heteroatoms. The van der Waals surface area contributed by atoms with Gasteiger partial charge in [0.15, 0.2) is 0 Å². The van der Waals surface area contributed by atoms with Crippen LogP contribution in [0.5, 0.6) is 0 Å². The van der Waals surface area contributed by atoms with Crippen molar-refractivity contribution in [1.29, 1.82) is 0 Å². The number of nitrogens with one attached hydrogen (secondary N) is 1. The van der Waals surface area contributed by atoms with Crippen LogP contribution in [0.4, 0.5) is 0 Å². The molecule has 122 valence electrons. The van der Waals surface area contributed by atoms with Crippen LogP contribution in [0.3, 0.4) is 0 Å². The van der Waals surface area contributed by atoms with E-state index in [0.29, 0.717) is 6.54 Å². The number of furan rings is 1. The summed E-state index contributed by atoms with van der Waals surface area (Å²) in [6.07, 6.45) is 6.77. The minimum atomic E-state index is 0.184. The van der Waals surface area contributed by atoms with Gasteiger partial charge in [-0.2, -0.15) is 5.10 Å². The number of hydrogen-bond donors (Lipinski definition) is 1. The smallest absolute Gasteiger partial charge is 0.223 e. The molecule has 1 N–H and O–H groups in total. The second-order valence-electron chi connectivity index (χ2n) is 6.54. The van der Waals surface area contributed by atoms with Crippen LogP contribution in [0.15, 0.2) is 29.1 Å². The zero-order valence-electron chi connectivity index (χ0n) is 13.2. The van der Waals surface area contributed by atoms with E-state index in [-0.39, 0.29) is 11.8 Å². The highest BCUT2D eigenvalue weighted by atomic mass is 16.3. The number of rotatable bonds is 5. The highest BCUT2D eigenvalue weighted by Gasteiger charge is 2.25. The van der Waals surface area contributed by atoms with Gasteiger partial charge >= 0.3 is 0 Å². The van der Waals surface area contributed by atoms with Crippen molar-refractivity contribution < 1.29 is 9.21 Å². The van der Waals surface area contributed by atoms with Gasteiger partial charge in [0.05, 0.1) is 37.0 Å². The molecule has 0 spiro atoms. The number of aromatic nitrogens is 2. The SMILES string of the molecule is O=C(NCc1cc2n(n1)CCN(Cc1ccoc1)C2)C1CCC1. The largest absolute Gasteiger partial charge is 0.472 e. The first-order valence-electron chi connectivity index (χ1n) is 8.35. The summed E-state index contributed by atoms with van der Waals surface area (Å²) in [5.41, 5.74) is 3.37. The average molecular weight is 314 g/mol. The van der Waals surface area contributed by atoms with Gasteiger partial charge in [-0.3, -0.25) is 14.4 Å². The maximum absolute atomic E-state index is 11.9. The van der Waals surface area contributed by atoms with Crippen LogP contribution >= 0.6 is 0 Å². The summed E-state index contributed by atoms with van der Waals surface area (Å²) < 4.78 is 7.20. The van der Waals surface area contributed by atoms with Crippen LogP contribution in [-0.4, -0.2) is 27.1 Å². The van der Waals surface area contributed by atoms with E-state index in [9.17, 15) is 4.79 Å². The molecule has 1 amide bonds. The first kappa shape index (κ1) is 14.5. The second-order valence-corrected chi connectivity index (χ2v) is 6.54. The number of carbonyl (C=O) groups excluding carboxylic acids is 1. The fourth-order valence-corrected chi connectivity index (χ4v) is 3.23. The molecule has 2 aromatic heterocycles. The van der Waals surface area contributed by atoms with Gasteiger partial charge in [0.25, 0.3) is 0 Å². The van der Waals surface area contributed by atoms with E-state index in [4.69, 9.17) is 4.42 Å². The number of hydrogen-bond acceptors (Lipinski definition) is 4. The molecule has 0 bridgehead atoms. The van der Waals surface area contributed by atoms with Crippen molar-refractivity contribution in [2.24, 2.45) is 5.92 Å². The van der Waals surface area contributed by atoms with Crippen molar-refractivity contribution in [1.82, 2.24) is 20.0 Å². The molecule has 1 aliphatic heterocycles. The Hall–Kier alpha value is -2.08. The first-order chi connectivity index (χ1) is 11.3. The maximum atomic E-state index is 11.9. The van der Waals surface area contributed by atoms with Crippen molar-refractivity contribution in [3.63, 3.8) is 0 Å². The summed E-state index contributed by atoms with van der Waals surface area (Å²) in [6.45, 7) is 4.19. The quantitative estimate of drug-likeness (QED) is 0.915. The van der Waals surface area contributed by atoms with E-state index in [0.717, 1.165) is 44.7 Å². The lowest BCUT2D eigenvalue weighted by molar-refractivity contribution is -0.127. The summed E-state index contributed by atoms with van der Waals surface area (Å²) in [5, 5.41) is 7.63. The Bertz CT molecular complexity index is 673. The third kappa shape index (κ3) is 3.17. The molecule has 1 saturated carbocycles. The molecular weight excluding hydrogens is 292 g/mol. The Balaban J connectivity index is 1.34. The molecule has 0 radical (unpaired) electrons. The fourth-order valence-electron chi connectivity index (χ4n) is 3.23. The lowest BCUT2D eigenvalue weighted by Gasteiger charge is -2.26. The third-order valence-corrected chi connectivity index (χ3v) is 4.83. The van der Waals surface area contributed by atoms with Gasteiger partial charge < -0.3 is 9.73 Å². The molecule has 4 rings (SSSR count). The third-order valence-electron chi connectivity index (χ3n) is 4.83. The van der Waals surface area contributed by atoms with Crippen molar-refractivity contribution in [2.45, 2.75) is 45.4 Å². The second kappa shape index (κ2) is 6.20. The molecule has 0 atom stereocenters. The van der Waals surface area contributed by atoms with Crippen LogP contribution in [0.1, 0.15) is 36.2 Å². The number of fused-ring (bicyclic) bond motifs is 1. The summed E-state index contributed by atoms with van der Waals surface area (Å²) >= 11 is 0. The average Bonchev–Trinajstić information content (AvgIpc) is 3.12. The number of amides is 1. The number of nitrogens with zero attached hydrogens (tertiary/aromatic N) is 3. The van der Waals surface area contributed by atoms with E-state index in [1.807, 2.05) is 6.07 Å². The standard InChI is InChI=1S/C17H22N4O2/c22-17(14-2-1-3-14)18-9-15-8-16-11-20(5-6-21(16)19-15)10-13-4-7-23-12-13/h4,7-8,12,14H,1-3,5-6,9-11H2,(H,18,22). The van der Waals surface area contributed by atoms with Crippen molar-refractivity contribution in [3.8, 4) is 0 Å². The predicted molar refractivity (Wildman–Crippen MR) is 84.2 cm³/mol. The van der Waals surface area contributed by atoms with Gasteiger partial charge in [0.2, 0.25) is 5.91 Å². The maximum Gasteiger partial charge on any atom is 0.223 e. The number of carbonyl (C=O) groups is 1. The Kier molecular flexibility index (Phi) is 3.91. The minimum Gasteiger partial charge on any atom is -0.472 e. The Morgan fingerprint density at radius 3 is 3.04 bits per heavy atom. The van der Waals surface area contributed by atoms with Crippen molar-refractivity contribution in [3.05, 3.63) is 41.6 Å². The van der Waals surface area contributed by atoms with Gasteiger partial charge in [0, 0.05) is 31.1 Å². The highest BCUT2D eigenvalue weighted by molar-refractivity contribution is 5.79. The van der Waals surface area contributed by atoms with E-state index < -0.39 is 0 Å². The molecule has 2 aliphatic rings. The first-order valence-corrected chi connectivity index (χ1v) is 8.35. The summed E-state index contributed by atoms with van der Waals surface area (Å²) in [7, 11) is 0. The van der Waals surface area contributed by atoms with Crippen LogP contribution < -0.4 is 5.32 Å². The molecule has 0 aromatic carbocycles. The van der Waals surface area contributed by atoms with E-state index in [1.54, 1.807) is 12.5 Å². The zero-order valence-corrected chi connectivity index (χ0v) is 13.2. The van der Waals surface area contributed by atoms with Gasteiger partial charge in [-0.1, -0.05) is 6.42 Å². The molecule has 0 unspecified atom stereocenters.